The Morgan fingerprint density at radius 3 is 2.25 bits per heavy atom. The van der Waals surface area contributed by atoms with Crippen LogP contribution in [0.15, 0.2) is 42.5 Å². The van der Waals surface area contributed by atoms with Crippen molar-refractivity contribution in [2.24, 2.45) is 17.8 Å². The fraction of sp³-hybridized carbons (Fsp3) is 0.632. The van der Waals surface area contributed by atoms with Gasteiger partial charge in [-0.15, -0.1) is 0 Å². The summed E-state index contributed by atoms with van der Waals surface area (Å²) in [5.74, 6) is 0.821. The molecule has 3 heterocycles. The van der Waals surface area contributed by atoms with Gasteiger partial charge >= 0.3 is 0 Å². The second-order valence-corrected chi connectivity index (χ2v) is 14.3. The van der Waals surface area contributed by atoms with E-state index < -0.39 is 0 Å². The second kappa shape index (κ2) is 15.6. The first-order valence-corrected chi connectivity index (χ1v) is 17.8. The molecule has 48 heavy (non-hydrogen) atoms. The van der Waals surface area contributed by atoms with Crippen LogP contribution in [0.25, 0.3) is 0 Å². The number of rotatable bonds is 10. The van der Waals surface area contributed by atoms with Gasteiger partial charge in [0.2, 0.25) is 11.8 Å². The Kier molecular flexibility index (Phi) is 11.2. The smallest absolute Gasteiger partial charge is 0.227 e. The molecular formula is C38H53FN4O5. The molecule has 1 N–H and O–H groups in total. The van der Waals surface area contributed by atoms with Crippen LogP contribution in [0.3, 0.4) is 0 Å². The Morgan fingerprint density at radius 1 is 0.875 bits per heavy atom. The molecule has 0 aromatic heterocycles. The standard InChI is InChI=1S/C38H53FN4O5/c1-40-37(44)26-15-17-41(18-16-26)36-19-28(39)7-14-32(36)34-22-43(20-27(34)24-46-2)38(45)35-23-42(29-8-12-31(48-4)13-9-29)21-33(35)25-5-10-30(47-3)11-6-25/h5-7,10-11,14,19,26-27,29,31,33-35H,8-9,12-13,15-18,20-24H2,1-4H3,(H,40,44)/t27-,29?,31?,33+,34+,35-/m1/s1. The highest BCUT2D eigenvalue weighted by atomic mass is 19.1. The normalized spacial score (nSPS) is 28.5. The van der Waals surface area contributed by atoms with Gasteiger partial charge in [0.25, 0.3) is 0 Å². The number of benzene rings is 2. The fourth-order valence-electron chi connectivity index (χ4n) is 8.93. The number of piperidine rings is 1. The molecule has 1 saturated carbocycles. The molecule has 4 fully saturated rings. The van der Waals surface area contributed by atoms with E-state index in [-0.39, 0.29) is 47.2 Å². The topological polar surface area (TPSA) is 83.6 Å². The molecule has 6 rings (SSSR count). The van der Waals surface area contributed by atoms with Crippen molar-refractivity contribution in [3.8, 4) is 5.75 Å². The van der Waals surface area contributed by atoms with Gasteiger partial charge in [0.15, 0.2) is 0 Å². The minimum Gasteiger partial charge on any atom is -0.497 e. The first-order chi connectivity index (χ1) is 23.3. The van der Waals surface area contributed by atoms with Gasteiger partial charge in [-0.3, -0.25) is 14.5 Å². The van der Waals surface area contributed by atoms with Gasteiger partial charge in [-0.1, -0.05) is 18.2 Å². The highest BCUT2D eigenvalue weighted by molar-refractivity contribution is 5.81. The van der Waals surface area contributed by atoms with E-state index in [1.54, 1.807) is 34.4 Å². The average molecular weight is 665 g/mol. The van der Waals surface area contributed by atoms with Crippen LogP contribution < -0.4 is 15.0 Å². The maximum absolute atomic E-state index is 14.8. The van der Waals surface area contributed by atoms with Gasteiger partial charge in [-0.2, -0.15) is 0 Å². The number of amides is 2. The van der Waals surface area contributed by atoms with E-state index in [1.807, 2.05) is 18.2 Å². The average Bonchev–Trinajstić information content (AvgIpc) is 3.77. The zero-order chi connectivity index (χ0) is 33.8. The SMILES string of the molecule is CNC(=O)C1CCN(c2cc(F)ccc2[C@H]2CN(C(=O)[C@@H]3CN(C4CCC(OC)CC4)C[C@H]3c3ccc(OC)cc3)C[C@@H]2COC)CC1. The van der Waals surface area contributed by atoms with Crippen LogP contribution in [0.2, 0.25) is 0 Å². The summed E-state index contributed by atoms with van der Waals surface area (Å²) in [5, 5.41) is 2.77. The summed E-state index contributed by atoms with van der Waals surface area (Å²) >= 11 is 0. The monoisotopic (exact) mass is 664 g/mol. The molecule has 4 aliphatic rings. The van der Waals surface area contributed by atoms with Crippen molar-refractivity contribution < 1.29 is 28.2 Å². The van der Waals surface area contributed by atoms with E-state index in [2.05, 4.69) is 32.1 Å². The number of anilines is 1. The highest BCUT2D eigenvalue weighted by Crippen LogP contribution is 2.43. The molecular weight excluding hydrogens is 611 g/mol. The van der Waals surface area contributed by atoms with Gasteiger partial charge in [-0.25, -0.2) is 4.39 Å². The number of carbonyl (C=O) groups is 2. The Labute approximate surface area is 285 Å². The van der Waals surface area contributed by atoms with Crippen LogP contribution in [-0.2, 0) is 19.1 Å². The molecule has 0 radical (unpaired) electrons. The predicted octanol–water partition coefficient (Wildman–Crippen LogP) is 4.66. The van der Waals surface area contributed by atoms with Crippen LogP contribution in [-0.4, -0.2) is 108 Å². The Morgan fingerprint density at radius 2 is 1.60 bits per heavy atom. The minimum absolute atomic E-state index is 0.0161. The van der Waals surface area contributed by atoms with Crippen LogP contribution in [0.1, 0.15) is 61.5 Å². The third-order valence-corrected chi connectivity index (χ3v) is 11.7. The number of halogens is 1. The molecule has 2 amide bonds. The molecule has 0 spiro atoms. The van der Waals surface area contributed by atoms with E-state index in [0.29, 0.717) is 44.9 Å². The largest absolute Gasteiger partial charge is 0.497 e. The first kappa shape index (κ1) is 34.6. The van der Waals surface area contributed by atoms with E-state index in [0.717, 1.165) is 68.6 Å². The summed E-state index contributed by atoms with van der Waals surface area (Å²) in [5.41, 5.74) is 3.11. The molecule has 3 saturated heterocycles. The zero-order valence-corrected chi connectivity index (χ0v) is 29.0. The molecule has 0 unspecified atom stereocenters. The van der Waals surface area contributed by atoms with E-state index >= 15 is 0 Å². The fourth-order valence-corrected chi connectivity index (χ4v) is 8.93. The number of ether oxygens (including phenoxy) is 3. The van der Waals surface area contributed by atoms with Crippen molar-refractivity contribution in [2.45, 2.75) is 62.5 Å². The van der Waals surface area contributed by atoms with Crippen LogP contribution >= 0.6 is 0 Å². The summed E-state index contributed by atoms with van der Waals surface area (Å²) < 4.78 is 31.6. The van der Waals surface area contributed by atoms with E-state index in [9.17, 15) is 14.0 Å². The lowest BCUT2D eigenvalue weighted by molar-refractivity contribution is -0.134. The van der Waals surface area contributed by atoms with Gasteiger partial charge in [-0.05, 0) is 73.9 Å². The van der Waals surface area contributed by atoms with E-state index in [4.69, 9.17) is 14.2 Å². The number of carbonyl (C=O) groups excluding carboxylic acids is 2. The predicted molar refractivity (Wildman–Crippen MR) is 184 cm³/mol. The van der Waals surface area contributed by atoms with Gasteiger partial charge in [0.05, 0.1) is 25.7 Å². The van der Waals surface area contributed by atoms with Gasteiger partial charge < -0.3 is 29.3 Å². The summed E-state index contributed by atoms with van der Waals surface area (Å²) in [6.07, 6.45) is 6.07. The van der Waals surface area contributed by atoms with Gasteiger partial charge in [0.1, 0.15) is 11.6 Å². The number of hydrogen-bond acceptors (Lipinski definition) is 7. The Balaban J connectivity index is 1.23. The third-order valence-electron chi connectivity index (χ3n) is 11.7. The second-order valence-electron chi connectivity index (χ2n) is 14.3. The number of likely N-dealkylation sites (tertiary alicyclic amines) is 2. The lowest BCUT2D eigenvalue weighted by atomic mass is 9.87. The van der Waals surface area contributed by atoms with Crippen molar-refractivity contribution in [1.82, 2.24) is 15.1 Å². The van der Waals surface area contributed by atoms with Crippen molar-refractivity contribution in [2.75, 3.05) is 79.2 Å². The van der Waals surface area contributed by atoms with Crippen LogP contribution in [0.4, 0.5) is 10.1 Å². The molecule has 4 atom stereocenters. The molecule has 2 aromatic rings. The molecule has 3 aliphatic heterocycles. The number of hydrogen-bond donors (Lipinski definition) is 1. The number of nitrogens with zero attached hydrogens (tertiary/aromatic N) is 3. The van der Waals surface area contributed by atoms with Crippen LogP contribution in [0.5, 0.6) is 5.75 Å². The molecule has 0 bridgehead atoms. The van der Waals surface area contributed by atoms with Crippen molar-refractivity contribution in [1.29, 1.82) is 0 Å². The summed E-state index contributed by atoms with van der Waals surface area (Å²) in [6, 6.07) is 13.8. The lowest BCUT2D eigenvalue weighted by Crippen LogP contribution is -2.40. The van der Waals surface area contributed by atoms with Crippen molar-refractivity contribution >= 4 is 17.5 Å². The number of methoxy groups -OCH3 is 3. The zero-order valence-electron chi connectivity index (χ0n) is 29.0. The molecule has 10 heteroatoms. The van der Waals surface area contributed by atoms with Crippen molar-refractivity contribution in [3.05, 3.63) is 59.4 Å². The Hall–Kier alpha value is -3.21. The van der Waals surface area contributed by atoms with Crippen LogP contribution in [0, 0.1) is 23.6 Å². The molecule has 2 aromatic carbocycles. The highest BCUT2D eigenvalue weighted by Gasteiger charge is 2.46. The van der Waals surface area contributed by atoms with E-state index in [1.165, 1.54) is 11.6 Å². The summed E-state index contributed by atoms with van der Waals surface area (Å²) in [4.78, 5) is 33.8. The first-order valence-electron chi connectivity index (χ1n) is 17.8. The maximum Gasteiger partial charge on any atom is 0.227 e. The molecule has 262 valence electrons. The summed E-state index contributed by atoms with van der Waals surface area (Å²) in [7, 11) is 6.87. The van der Waals surface area contributed by atoms with Crippen molar-refractivity contribution in [3.63, 3.8) is 0 Å². The molecule has 1 aliphatic carbocycles. The lowest BCUT2D eigenvalue weighted by Gasteiger charge is -2.35. The molecule has 9 nitrogen and oxygen atoms in total. The third kappa shape index (κ3) is 7.36. The minimum atomic E-state index is -0.274. The maximum atomic E-state index is 14.8. The van der Waals surface area contributed by atoms with Gasteiger partial charge in [0, 0.05) is 95.9 Å². The number of nitrogens with one attached hydrogen (secondary N) is 1. The Bertz CT molecular complexity index is 1390. The summed E-state index contributed by atoms with van der Waals surface area (Å²) in [6.45, 7) is 4.68. The quantitative estimate of drug-likeness (QED) is 0.396.